The van der Waals surface area contributed by atoms with Gasteiger partial charge in [0.25, 0.3) is 0 Å². The second kappa shape index (κ2) is 16.2. The summed E-state index contributed by atoms with van der Waals surface area (Å²) in [7, 11) is 0. The molecule has 0 bridgehead atoms. The van der Waals surface area contributed by atoms with Crippen molar-refractivity contribution in [2.75, 3.05) is 0 Å². The number of rotatable bonds is 8. The Bertz CT molecular complexity index is 3470. The molecule has 1 atom stereocenters. The van der Waals surface area contributed by atoms with Gasteiger partial charge in [0, 0.05) is 0 Å². The molecule has 0 aliphatic heterocycles. The van der Waals surface area contributed by atoms with E-state index < -0.39 is 10.8 Å². The molecule has 0 saturated carbocycles. The average Bonchev–Trinajstić information content (AvgIpc) is 3.84. The molecule has 0 radical (unpaired) electrons. The lowest BCUT2D eigenvalue weighted by atomic mass is 9.67. The molecule has 10 aromatic rings. The molecule has 326 valence electrons. The van der Waals surface area contributed by atoms with E-state index in [0.29, 0.717) is 0 Å². The summed E-state index contributed by atoms with van der Waals surface area (Å²) in [6, 6.07) is 86.0. The summed E-state index contributed by atoms with van der Waals surface area (Å²) in [5.41, 5.74) is 28.7. The van der Waals surface area contributed by atoms with Gasteiger partial charge >= 0.3 is 0 Å². The number of aryl methyl sites for hydroxylation is 5. The van der Waals surface area contributed by atoms with Crippen molar-refractivity contribution in [2.45, 2.75) is 51.9 Å². The molecule has 2 aliphatic carbocycles. The molecule has 0 saturated heterocycles. The summed E-state index contributed by atoms with van der Waals surface area (Å²) in [6.07, 6.45) is 0.788. The Morgan fingerprint density at radius 2 is 0.662 bits per heavy atom. The minimum atomic E-state index is -0.508. The number of hydrogen-bond acceptors (Lipinski definition) is 0. The topological polar surface area (TPSA) is 0 Å². The van der Waals surface area contributed by atoms with Crippen LogP contribution in [0, 0.1) is 34.6 Å². The smallest absolute Gasteiger partial charge is 0.0619 e. The van der Waals surface area contributed by atoms with E-state index in [1.165, 1.54) is 128 Å². The minimum Gasteiger partial charge on any atom is -0.0619 e. The molecule has 0 fully saturated rings. The van der Waals surface area contributed by atoms with Crippen molar-refractivity contribution in [2.24, 2.45) is 0 Å². The third-order valence-corrected chi connectivity index (χ3v) is 15.3. The molecule has 0 heteroatoms. The van der Waals surface area contributed by atoms with Crippen molar-refractivity contribution < 1.29 is 0 Å². The van der Waals surface area contributed by atoms with Crippen LogP contribution >= 0.6 is 0 Å². The zero-order valence-corrected chi connectivity index (χ0v) is 39.6. The Hall–Kier alpha value is -7.80. The van der Waals surface area contributed by atoms with Crippen LogP contribution in [0.25, 0.3) is 44.5 Å². The summed E-state index contributed by atoms with van der Waals surface area (Å²) in [5, 5.41) is 0. The highest BCUT2D eigenvalue weighted by atomic mass is 14.5. The van der Waals surface area contributed by atoms with Gasteiger partial charge in [0.1, 0.15) is 0 Å². The molecule has 1 unspecified atom stereocenters. The molecular weight excluding hydrogens is 817 g/mol. The first-order chi connectivity index (χ1) is 33.2. The molecule has 12 rings (SSSR count). The maximum absolute atomic E-state index is 2.51. The van der Waals surface area contributed by atoms with E-state index >= 15 is 0 Å². The molecule has 0 amide bonds. The second-order valence-electron chi connectivity index (χ2n) is 19.6. The summed E-state index contributed by atoms with van der Waals surface area (Å²) in [6.45, 7) is 10.9. The molecular formula is C68H54. The first-order valence-electron chi connectivity index (χ1n) is 24.2. The van der Waals surface area contributed by atoms with E-state index in [4.69, 9.17) is 0 Å². The summed E-state index contributed by atoms with van der Waals surface area (Å²) in [4.78, 5) is 0. The van der Waals surface area contributed by atoms with Crippen LogP contribution in [-0.2, 0) is 17.3 Å². The molecule has 10 aromatic carbocycles. The quantitative estimate of drug-likeness (QED) is 0.143. The Labute approximate surface area is 402 Å². The van der Waals surface area contributed by atoms with Gasteiger partial charge in [0.15, 0.2) is 0 Å². The van der Waals surface area contributed by atoms with Gasteiger partial charge in [-0.2, -0.15) is 0 Å². The fraction of sp³-hybridized carbons (Fsp3) is 0.118. The standard InChI is InChI=1S/C68H54/c1-44-17-29-50(30-18-44)52-42-53(65-59-11-6-8-14-61(59)68(64(65)43-52,55-35-23-47(4)24-36-55)56-37-25-48(5)26-38-56)41-49-27-39-57(40-28-49)67(54-33-21-46(3)22-34-54)62-15-9-7-12-60(62)66-58(13-10-16-63(66)67)51-31-19-45(2)20-32-51/h6-40,42-43H,41H2,1-5H3. The highest BCUT2D eigenvalue weighted by molar-refractivity contribution is 5.96. The van der Waals surface area contributed by atoms with E-state index in [9.17, 15) is 0 Å². The molecule has 68 heavy (non-hydrogen) atoms. The monoisotopic (exact) mass is 870 g/mol. The van der Waals surface area contributed by atoms with E-state index in [1.807, 2.05) is 0 Å². The minimum absolute atomic E-state index is 0.506. The van der Waals surface area contributed by atoms with E-state index in [0.717, 1.165) is 6.42 Å². The first-order valence-corrected chi connectivity index (χ1v) is 24.2. The molecule has 0 N–H and O–H groups in total. The van der Waals surface area contributed by atoms with Crippen molar-refractivity contribution in [1.82, 2.24) is 0 Å². The lowest BCUT2D eigenvalue weighted by Gasteiger charge is -2.34. The van der Waals surface area contributed by atoms with Crippen LogP contribution in [0.15, 0.2) is 224 Å². The molecule has 2 aliphatic rings. The van der Waals surface area contributed by atoms with Gasteiger partial charge in [-0.15, -0.1) is 0 Å². The molecule has 0 heterocycles. The summed E-state index contributed by atoms with van der Waals surface area (Å²) >= 11 is 0. The van der Waals surface area contributed by atoms with E-state index in [1.54, 1.807) is 0 Å². The van der Waals surface area contributed by atoms with Crippen LogP contribution in [0.2, 0.25) is 0 Å². The Balaban J connectivity index is 1.06. The second-order valence-corrected chi connectivity index (χ2v) is 19.6. The van der Waals surface area contributed by atoms with Crippen molar-refractivity contribution in [3.63, 3.8) is 0 Å². The molecule has 0 spiro atoms. The normalized spacial score (nSPS) is 15.1. The lowest BCUT2D eigenvalue weighted by molar-refractivity contribution is 0.766. The summed E-state index contributed by atoms with van der Waals surface area (Å²) in [5.74, 6) is 0. The average molecular weight is 871 g/mol. The van der Waals surface area contributed by atoms with Crippen molar-refractivity contribution in [1.29, 1.82) is 0 Å². The highest BCUT2D eigenvalue weighted by Gasteiger charge is 2.48. The fourth-order valence-electron chi connectivity index (χ4n) is 11.9. The maximum atomic E-state index is 2.51. The zero-order valence-electron chi connectivity index (χ0n) is 39.6. The van der Waals surface area contributed by atoms with Gasteiger partial charge in [-0.25, -0.2) is 0 Å². The van der Waals surface area contributed by atoms with Gasteiger partial charge < -0.3 is 0 Å². The van der Waals surface area contributed by atoms with Crippen molar-refractivity contribution in [3.05, 3.63) is 308 Å². The predicted molar refractivity (Wildman–Crippen MR) is 285 cm³/mol. The van der Waals surface area contributed by atoms with Crippen LogP contribution in [-0.4, -0.2) is 0 Å². The van der Waals surface area contributed by atoms with Gasteiger partial charge in [-0.05, 0) is 147 Å². The van der Waals surface area contributed by atoms with Crippen molar-refractivity contribution >= 4 is 0 Å². The number of fused-ring (bicyclic) bond motifs is 6. The Morgan fingerprint density at radius 1 is 0.279 bits per heavy atom. The van der Waals surface area contributed by atoms with Gasteiger partial charge in [-0.3, -0.25) is 0 Å². The van der Waals surface area contributed by atoms with Crippen LogP contribution in [0.1, 0.15) is 83.5 Å². The van der Waals surface area contributed by atoms with Crippen LogP contribution < -0.4 is 0 Å². The number of benzene rings is 10. The van der Waals surface area contributed by atoms with Gasteiger partial charge in [0.05, 0.1) is 10.8 Å². The van der Waals surface area contributed by atoms with Crippen LogP contribution in [0.5, 0.6) is 0 Å². The molecule has 0 aromatic heterocycles. The van der Waals surface area contributed by atoms with Gasteiger partial charge in [-0.1, -0.05) is 246 Å². The largest absolute Gasteiger partial charge is 0.0713 e. The maximum Gasteiger partial charge on any atom is 0.0713 e. The van der Waals surface area contributed by atoms with E-state index in [2.05, 4.69) is 259 Å². The Morgan fingerprint density at radius 3 is 1.16 bits per heavy atom. The fourth-order valence-corrected chi connectivity index (χ4v) is 11.9. The van der Waals surface area contributed by atoms with Gasteiger partial charge in [0.2, 0.25) is 0 Å². The summed E-state index contributed by atoms with van der Waals surface area (Å²) < 4.78 is 0. The van der Waals surface area contributed by atoms with Crippen LogP contribution in [0.4, 0.5) is 0 Å². The SMILES string of the molecule is Cc1ccc(-c2cc(Cc3ccc(C4(c5ccc(C)cc5)c5ccccc5-c5c(-c6ccc(C)cc6)cccc54)cc3)c3c(c2)C(c2ccc(C)cc2)(c2ccc(C)cc2)c2ccccc2-3)cc1. The number of hydrogen-bond donors (Lipinski definition) is 0. The third-order valence-electron chi connectivity index (χ3n) is 15.3. The lowest BCUT2D eigenvalue weighted by Crippen LogP contribution is -2.28. The van der Waals surface area contributed by atoms with E-state index in [-0.39, 0.29) is 0 Å². The van der Waals surface area contributed by atoms with Crippen LogP contribution in [0.3, 0.4) is 0 Å². The molecule has 0 nitrogen and oxygen atoms in total. The first kappa shape index (κ1) is 41.6. The Kier molecular flexibility index (Phi) is 9.92. The predicted octanol–water partition coefficient (Wildman–Crippen LogP) is 16.9. The zero-order chi connectivity index (χ0) is 46.1. The highest BCUT2D eigenvalue weighted by Crippen LogP contribution is 2.60. The third kappa shape index (κ3) is 6.42. The van der Waals surface area contributed by atoms with Crippen molar-refractivity contribution in [3.8, 4) is 44.5 Å².